The molecule has 0 heterocycles. The van der Waals surface area contributed by atoms with Crippen molar-refractivity contribution < 1.29 is 0 Å². The summed E-state index contributed by atoms with van der Waals surface area (Å²) in [5.41, 5.74) is 10.2. The van der Waals surface area contributed by atoms with E-state index in [0.717, 1.165) is 0 Å². The molecule has 0 radical (unpaired) electrons. The van der Waals surface area contributed by atoms with Crippen LogP contribution >= 0.6 is 0 Å². The van der Waals surface area contributed by atoms with Crippen LogP contribution in [-0.4, -0.2) is 12.4 Å². The van der Waals surface area contributed by atoms with Gasteiger partial charge in [-0.05, 0) is 6.54 Å². The summed E-state index contributed by atoms with van der Waals surface area (Å²) in [5.74, 6) is 5.17. The molecule has 6 N–H and O–H groups in total. The van der Waals surface area contributed by atoms with Gasteiger partial charge in [0, 0.05) is 6.42 Å². The fraction of sp³-hybridized carbons (Fsp3) is 0.667. The minimum Gasteiger partial charge on any atom is -0.386 e. The lowest BCUT2D eigenvalue weighted by Gasteiger charge is -1.89. The number of hydrogen-bond donors (Lipinski definition) is 3. The molecule has 4 nitrogen and oxygen atoms in total. The van der Waals surface area contributed by atoms with Crippen molar-refractivity contribution in [1.82, 2.24) is 0 Å². The fourth-order valence-corrected chi connectivity index (χ4v) is 0.212. The van der Waals surface area contributed by atoms with E-state index in [2.05, 4.69) is 5.10 Å². The number of hydrazone groups is 1. The van der Waals surface area contributed by atoms with Crippen LogP contribution in [0.3, 0.4) is 0 Å². The molecule has 0 aliphatic heterocycles. The molecule has 0 saturated carbocycles. The standard InChI is InChI=1S/C3H10N4/c4-2-1-3(5)7-6/h1-2,4,6H2,(H2,5,7). The van der Waals surface area contributed by atoms with E-state index in [4.69, 9.17) is 17.3 Å². The summed E-state index contributed by atoms with van der Waals surface area (Å²) in [6.07, 6.45) is 0.580. The maximum atomic E-state index is 5.13. The van der Waals surface area contributed by atoms with Crippen molar-refractivity contribution in [1.29, 1.82) is 0 Å². The van der Waals surface area contributed by atoms with Gasteiger partial charge in [0.1, 0.15) is 5.84 Å². The Morgan fingerprint density at radius 3 is 2.29 bits per heavy atom. The van der Waals surface area contributed by atoms with E-state index in [1.807, 2.05) is 0 Å². The summed E-state index contributed by atoms with van der Waals surface area (Å²) in [6, 6.07) is 0. The van der Waals surface area contributed by atoms with Crippen LogP contribution in [-0.2, 0) is 0 Å². The molecular weight excluding hydrogens is 92.1 g/mol. The van der Waals surface area contributed by atoms with Crippen molar-refractivity contribution in [2.24, 2.45) is 22.4 Å². The summed E-state index contributed by atoms with van der Waals surface area (Å²) >= 11 is 0. The quantitative estimate of drug-likeness (QED) is 0.173. The second-order valence-electron chi connectivity index (χ2n) is 1.16. The maximum absolute atomic E-state index is 5.13. The Morgan fingerprint density at radius 1 is 1.57 bits per heavy atom. The molecule has 0 aliphatic carbocycles. The highest BCUT2D eigenvalue weighted by atomic mass is 15.1. The Bertz CT molecular complexity index is 67.3. The molecule has 0 aromatic rings. The summed E-state index contributed by atoms with van der Waals surface area (Å²) in [7, 11) is 0. The molecule has 0 spiro atoms. The first-order chi connectivity index (χ1) is 3.31. The summed E-state index contributed by atoms with van der Waals surface area (Å²) < 4.78 is 0. The van der Waals surface area contributed by atoms with Gasteiger partial charge in [-0.3, -0.25) is 0 Å². The average molecular weight is 102 g/mol. The molecule has 0 bridgehead atoms. The lowest BCUT2D eigenvalue weighted by Crippen LogP contribution is -2.18. The van der Waals surface area contributed by atoms with E-state index in [1.165, 1.54) is 0 Å². The van der Waals surface area contributed by atoms with E-state index >= 15 is 0 Å². The van der Waals surface area contributed by atoms with Gasteiger partial charge < -0.3 is 17.3 Å². The number of amidine groups is 1. The molecule has 0 fully saturated rings. The third kappa shape index (κ3) is 3.05. The van der Waals surface area contributed by atoms with Gasteiger partial charge >= 0.3 is 0 Å². The van der Waals surface area contributed by atoms with Crippen LogP contribution in [0.2, 0.25) is 0 Å². The molecule has 0 atom stereocenters. The molecule has 0 aliphatic rings. The van der Waals surface area contributed by atoms with Gasteiger partial charge in [-0.2, -0.15) is 5.10 Å². The van der Waals surface area contributed by atoms with Crippen molar-refractivity contribution in [2.45, 2.75) is 6.42 Å². The second kappa shape index (κ2) is 3.42. The number of hydrogen-bond acceptors (Lipinski definition) is 3. The molecule has 0 saturated heterocycles. The van der Waals surface area contributed by atoms with Crippen molar-refractivity contribution in [3.63, 3.8) is 0 Å². The van der Waals surface area contributed by atoms with Crippen LogP contribution < -0.4 is 17.3 Å². The Balaban J connectivity index is 3.17. The lowest BCUT2D eigenvalue weighted by molar-refractivity contribution is 1.02. The predicted octanol–water partition coefficient (Wildman–Crippen LogP) is -1.43. The monoisotopic (exact) mass is 102 g/mol. The largest absolute Gasteiger partial charge is 0.386 e. The van der Waals surface area contributed by atoms with Crippen LogP contribution in [0, 0.1) is 0 Å². The first kappa shape index (κ1) is 6.23. The van der Waals surface area contributed by atoms with Crippen LogP contribution in [0.15, 0.2) is 5.10 Å². The average Bonchev–Trinajstić information content (AvgIpc) is 1.68. The Kier molecular flexibility index (Phi) is 3.04. The first-order valence-electron chi connectivity index (χ1n) is 2.03. The highest BCUT2D eigenvalue weighted by Gasteiger charge is 1.83. The summed E-state index contributed by atoms with van der Waals surface area (Å²) in [4.78, 5) is 0. The summed E-state index contributed by atoms with van der Waals surface area (Å²) in [6.45, 7) is 0.506. The second-order valence-corrected chi connectivity index (χ2v) is 1.16. The minimum atomic E-state index is 0.405. The van der Waals surface area contributed by atoms with E-state index in [1.54, 1.807) is 0 Å². The van der Waals surface area contributed by atoms with Gasteiger partial charge in [0.15, 0.2) is 0 Å². The van der Waals surface area contributed by atoms with Gasteiger partial charge in [0.2, 0.25) is 0 Å². The van der Waals surface area contributed by atoms with Crippen molar-refractivity contribution >= 4 is 5.84 Å². The molecule has 0 aromatic carbocycles. The molecule has 42 valence electrons. The van der Waals surface area contributed by atoms with E-state index in [0.29, 0.717) is 18.8 Å². The van der Waals surface area contributed by atoms with Gasteiger partial charge in [0.05, 0.1) is 0 Å². The molecule has 7 heavy (non-hydrogen) atoms. The van der Waals surface area contributed by atoms with Gasteiger partial charge in [-0.25, -0.2) is 0 Å². The normalized spacial score (nSPS) is 11.9. The number of rotatable bonds is 2. The maximum Gasteiger partial charge on any atom is 0.120 e. The molecular formula is C3H10N4. The Hall–Kier alpha value is -0.770. The zero-order valence-corrected chi connectivity index (χ0v) is 4.09. The van der Waals surface area contributed by atoms with Crippen LogP contribution in [0.4, 0.5) is 0 Å². The molecule has 0 amide bonds. The SMILES string of the molecule is NCCC(N)=NN. The smallest absolute Gasteiger partial charge is 0.120 e. The van der Waals surface area contributed by atoms with E-state index in [-0.39, 0.29) is 0 Å². The number of nitrogens with zero attached hydrogens (tertiary/aromatic N) is 1. The molecule has 0 unspecified atom stereocenters. The highest BCUT2D eigenvalue weighted by Crippen LogP contribution is 1.68. The van der Waals surface area contributed by atoms with E-state index in [9.17, 15) is 0 Å². The Labute approximate surface area is 42.4 Å². The van der Waals surface area contributed by atoms with Gasteiger partial charge in [-0.15, -0.1) is 0 Å². The van der Waals surface area contributed by atoms with Gasteiger partial charge in [0.25, 0.3) is 0 Å². The van der Waals surface area contributed by atoms with Crippen LogP contribution in [0.25, 0.3) is 0 Å². The first-order valence-corrected chi connectivity index (χ1v) is 2.03. The predicted molar refractivity (Wildman–Crippen MR) is 29.5 cm³/mol. The third-order valence-corrected chi connectivity index (χ3v) is 0.566. The lowest BCUT2D eigenvalue weighted by atomic mass is 10.4. The van der Waals surface area contributed by atoms with Crippen molar-refractivity contribution in [2.75, 3.05) is 6.54 Å². The fourth-order valence-electron chi connectivity index (χ4n) is 0.212. The number of nitrogens with two attached hydrogens (primary N) is 3. The van der Waals surface area contributed by atoms with Crippen LogP contribution in [0.1, 0.15) is 6.42 Å². The van der Waals surface area contributed by atoms with Crippen LogP contribution in [0.5, 0.6) is 0 Å². The zero-order valence-electron chi connectivity index (χ0n) is 4.09. The highest BCUT2D eigenvalue weighted by molar-refractivity contribution is 5.79. The zero-order chi connectivity index (χ0) is 5.70. The molecule has 0 rings (SSSR count). The molecule has 0 aromatic heterocycles. The van der Waals surface area contributed by atoms with Crippen molar-refractivity contribution in [3.05, 3.63) is 0 Å². The van der Waals surface area contributed by atoms with E-state index < -0.39 is 0 Å². The van der Waals surface area contributed by atoms with Crippen molar-refractivity contribution in [3.8, 4) is 0 Å². The van der Waals surface area contributed by atoms with Gasteiger partial charge in [-0.1, -0.05) is 0 Å². The Morgan fingerprint density at radius 2 is 2.14 bits per heavy atom. The third-order valence-electron chi connectivity index (χ3n) is 0.566. The molecule has 4 heteroatoms. The topological polar surface area (TPSA) is 90.4 Å². The minimum absolute atomic E-state index is 0.405. The summed E-state index contributed by atoms with van der Waals surface area (Å²) in [5, 5.41) is 3.19.